The average Bonchev–Trinajstić information content (AvgIpc) is 2.72. The summed E-state index contributed by atoms with van der Waals surface area (Å²) >= 11 is 1.56. The van der Waals surface area contributed by atoms with Crippen LogP contribution in [0.3, 0.4) is 0 Å². The molecular weight excluding hydrogens is 184 g/mol. The third kappa shape index (κ3) is 1.61. The van der Waals surface area contributed by atoms with Gasteiger partial charge in [-0.1, -0.05) is 0 Å². The quantitative estimate of drug-likeness (QED) is 0.773. The fourth-order valence-corrected chi connectivity index (χ4v) is 1.80. The summed E-state index contributed by atoms with van der Waals surface area (Å²) in [7, 11) is 1.87. The van der Waals surface area contributed by atoms with Gasteiger partial charge in [-0.15, -0.1) is 11.3 Å². The summed E-state index contributed by atoms with van der Waals surface area (Å²) in [5.41, 5.74) is 6.97. The van der Waals surface area contributed by atoms with Crippen LogP contribution < -0.4 is 5.73 Å². The van der Waals surface area contributed by atoms with Gasteiger partial charge in [0.1, 0.15) is 5.01 Å². The highest BCUT2D eigenvalue weighted by molar-refractivity contribution is 7.09. The minimum atomic E-state index is -0.145. The number of aryl methyl sites for hydroxylation is 1. The molecule has 0 fully saturated rings. The molecule has 13 heavy (non-hydrogen) atoms. The van der Waals surface area contributed by atoms with E-state index in [2.05, 4.69) is 10.1 Å². The van der Waals surface area contributed by atoms with E-state index >= 15 is 0 Å². The summed E-state index contributed by atoms with van der Waals surface area (Å²) in [6.07, 6.45) is 5.44. The van der Waals surface area contributed by atoms with Crippen LogP contribution in [-0.4, -0.2) is 14.8 Å². The van der Waals surface area contributed by atoms with Crippen molar-refractivity contribution in [1.29, 1.82) is 0 Å². The topological polar surface area (TPSA) is 56.7 Å². The first kappa shape index (κ1) is 8.40. The van der Waals surface area contributed by atoms with E-state index in [1.165, 1.54) is 0 Å². The third-order valence-corrected chi connectivity index (χ3v) is 2.66. The third-order valence-electron chi connectivity index (χ3n) is 1.80. The lowest BCUT2D eigenvalue weighted by Gasteiger charge is -2.03. The second-order valence-corrected chi connectivity index (χ2v) is 3.72. The smallest absolute Gasteiger partial charge is 0.114 e. The Hall–Kier alpha value is -1.20. The first-order chi connectivity index (χ1) is 6.27. The summed E-state index contributed by atoms with van der Waals surface area (Å²) in [6, 6.07) is -0.145. The second kappa shape index (κ2) is 3.27. The first-order valence-corrected chi connectivity index (χ1v) is 4.79. The van der Waals surface area contributed by atoms with Gasteiger partial charge in [-0.2, -0.15) is 5.10 Å². The molecule has 0 aliphatic carbocycles. The molecule has 0 spiro atoms. The van der Waals surface area contributed by atoms with Gasteiger partial charge >= 0.3 is 0 Å². The number of rotatable bonds is 2. The Morgan fingerprint density at radius 3 is 3.00 bits per heavy atom. The van der Waals surface area contributed by atoms with Crippen LogP contribution >= 0.6 is 11.3 Å². The molecule has 2 aromatic rings. The number of nitrogens with two attached hydrogens (primary N) is 1. The van der Waals surface area contributed by atoms with Crippen LogP contribution in [0, 0.1) is 0 Å². The molecule has 2 heterocycles. The van der Waals surface area contributed by atoms with Gasteiger partial charge < -0.3 is 5.73 Å². The SMILES string of the molecule is Cn1cc(C(N)c2nccs2)cn1. The van der Waals surface area contributed by atoms with Crippen LogP contribution in [0.2, 0.25) is 0 Å². The molecule has 0 aliphatic heterocycles. The van der Waals surface area contributed by atoms with Crippen molar-refractivity contribution in [2.45, 2.75) is 6.04 Å². The molecule has 0 radical (unpaired) electrons. The van der Waals surface area contributed by atoms with E-state index in [4.69, 9.17) is 5.73 Å². The van der Waals surface area contributed by atoms with Crippen molar-refractivity contribution in [3.05, 3.63) is 34.5 Å². The molecule has 0 saturated carbocycles. The maximum Gasteiger partial charge on any atom is 0.114 e. The number of aromatic nitrogens is 3. The number of hydrogen-bond acceptors (Lipinski definition) is 4. The van der Waals surface area contributed by atoms with E-state index in [9.17, 15) is 0 Å². The molecule has 4 nitrogen and oxygen atoms in total. The van der Waals surface area contributed by atoms with E-state index in [0.29, 0.717) is 0 Å². The van der Waals surface area contributed by atoms with Crippen molar-refractivity contribution in [1.82, 2.24) is 14.8 Å². The number of hydrogen-bond donors (Lipinski definition) is 1. The van der Waals surface area contributed by atoms with E-state index in [1.54, 1.807) is 28.4 Å². The Morgan fingerprint density at radius 1 is 1.62 bits per heavy atom. The zero-order valence-electron chi connectivity index (χ0n) is 7.21. The highest BCUT2D eigenvalue weighted by Crippen LogP contribution is 2.20. The molecule has 5 heteroatoms. The molecule has 0 amide bonds. The molecule has 0 saturated heterocycles. The molecule has 2 aromatic heterocycles. The fourth-order valence-electron chi connectivity index (χ4n) is 1.13. The zero-order valence-corrected chi connectivity index (χ0v) is 8.03. The lowest BCUT2D eigenvalue weighted by atomic mass is 10.2. The fraction of sp³-hybridized carbons (Fsp3) is 0.250. The van der Waals surface area contributed by atoms with Gasteiger partial charge in [0.2, 0.25) is 0 Å². The first-order valence-electron chi connectivity index (χ1n) is 3.91. The monoisotopic (exact) mass is 194 g/mol. The Balaban J connectivity index is 2.28. The predicted octanol–water partition coefficient (Wildman–Crippen LogP) is 0.925. The summed E-state index contributed by atoms with van der Waals surface area (Å²) in [5, 5.41) is 6.91. The van der Waals surface area contributed by atoms with Crippen LogP contribution in [0.15, 0.2) is 24.0 Å². The van der Waals surface area contributed by atoms with Crippen LogP contribution in [0.1, 0.15) is 16.6 Å². The number of thiazole rings is 1. The van der Waals surface area contributed by atoms with E-state index in [-0.39, 0.29) is 6.04 Å². The van der Waals surface area contributed by atoms with Crippen molar-refractivity contribution in [2.75, 3.05) is 0 Å². The molecule has 1 unspecified atom stereocenters. The molecule has 68 valence electrons. The molecule has 0 bridgehead atoms. The minimum absolute atomic E-state index is 0.145. The standard InChI is InChI=1S/C8H10N4S/c1-12-5-6(4-11-12)7(9)8-10-2-3-13-8/h2-5,7H,9H2,1H3. The van der Waals surface area contributed by atoms with Gasteiger partial charge in [0.25, 0.3) is 0 Å². The highest BCUT2D eigenvalue weighted by Gasteiger charge is 2.12. The Kier molecular flexibility index (Phi) is 2.12. The van der Waals surface area contributed by atoms with Crippen molar-refractivity contribution >= 4 is 11.3 Å². The summed E-state index contributed by atoms with van der Waals surface area (Å²) in [6.45, 7) is 0. The van der Waals surface area contributed by atoms with Crippen molar-refractivity contribution < 1.29 is 0 Å². The Labute approximate surface area is 80.0 Å². The molecular formula is C8H10N4S. The maximum atomic E-state index is 5.97. The molecule has 2 N–H and O–H groups in total. The largest absolute Gasteiger partial charge is 0.318 e. The average molecular weight is 194 g/mol. The molecule has 0 aliphatic rings. The van der Waals surface area contributed by atoms with Gasteiger partial charge in [-0.25, -0.2) is 4.98 Å². The second-order valence-electron chi connectivity index (χ2n) is 2.80. The van der Waals surface area contributed by atoms with Crippen molar-refractivity contribution in [2.24, 2.45) is 12.8 Å². The molecule has 1 atom stereocenters. The van der Waals surface area contributed by atoms with Crippen molar-refractivity contribution in [3.63, 3.8) is 0 Å². The molecule has 2 rings (SSSR count). The Morgan fingerprint density at radius 2 is 2.46 bits per heavy atom. The van der Waals surface area contributed by atoms with E-state index in [1.807, 2.05) is 18.6 Å². The van der Waals surface area contributed by atoms with Crippen LogP contribution in [0.25, 0.3) is 0 Å². The minimum Gasteiger partial charge on any atom is -0.318 e. The lowest BCUT2D eigenvalue weighted by molar-refractivity contribution is 0.764. The Bertz CT molecular complexity index is 379. The highest BCUT2D eigenvalue weighted by atomic mass is 32.1. The predicted molar refractivity (Wildman–Crippen MR) is 51.4 cm³/mol. The molecule has 0 aromatic carbocycles. The van der Waals surface area contributed by atoms with Gasteiger partial charge in [0, 0.05) is 30.4 Å². The van der Waals surface area contributed by atoms with Gasteiger partial charge in [-0.05, 0) is 0 Å². The van der Waals surface area contributed by atoms with Crippen molar-refractivity contribution in [3.8, 4) is 0 Å². The summed E-state index contributed by atoms with van der Waals surface area (Å²) in [4.78, 5) is 4.16. The van der Waals surface area contributed by atoms with Gasteiger partial charge in [0.15, 0.2) is 0 Å². The summed E-state index contributed by atoms with van der Waals surface area (Å²) in [5.74, 6) is 0. The normalized spacial score (nSPS) is 13.1. The van der Waals surface area contributed by atoms with Crippen LogP contribution in [-0.2, 0) is 7.05 Å². The van der Waals surface area contributed by atoms with E-state index in [0.717, 1.165) is 10.6 Å². The lowest BCUT2D eigenvalue weighted by Crippen LogP contribution is -2.10. The zero-order chi connectivity index (χ0) is 9.26. The van der Waals surface area contributed by atoms with Gasteiger partial charge in [0.05, 0.1) is 12.2 Å². The number of nitrogens with zero attached hydrogens (tertiary/aromatic N) is 3. The summed E-state index contributed by atoms with van der Waals surface area (Å²) < 4.78 is 1.74. The van der Waals surface area contributed by atoms with Gasteiger partial charge in [-0.3, -0.25) is 4.68 Å². The maximum absolute atomic E-state index is 5.97. The van der Waals surface area contributed by atoms with Crippen LogP contribution in [0.5, 0.6) is 0 Å². The van der Waals surface area contributed by atoms with Crippen LogP contribution in [0.4, 0.5) is 0 Å². The van der Waals surface area contributed by atoms with E-state index < -0.39 is 0 Å².